The van der Waals surface area contributed by atoms with Gasteiger partial charge in [-0.05, 0) is 48.2 Å². The summed E-state index contributed by atoms with van der Waals surface area (Å²) in [6.45, 7) is 4.48. The first-order chi connectivity index (χ1) is 15.0. The third-order valence-corrected chi connectivity index (χ3v) is 5.20. The van der Waals surface area contributed by atoms with Crippen LogP contribution < -0.4 is 0 Å². The Morgan fingerprint density at radius 3 is 2.48 bits per heavy atom. The second-order valence-electron chi connectivity index (χ2n) is 7.45. The van der Waals surface area contributed by atoms with Gasteiger partial charge in [0.05, 0.1) is 12.8 Å². The molecule has 0 radical (unpaired) electrons. The molecule has 0 atom stereocenters. The topological polar surface area (TPSA) is 59.5 Å². The van der Waals surface area contributed by atoms with Gasteiger partial charge in [0.15, 0.2) is 11.5 Å². The fourth-order valence-electron chi connectivity index (χ4n) is 3.31. The van der Waals surface area contributed by atoms with Crippen LogP contribution in [0.2, 0.25) is 0 Å². The number of carbonyl (C=O) groups is 1. The van der Waals surface area contributed by atoms with Crippen LogP contribution in [0.15, 0.2) is 75.9 Å². The second kappa shape index (κ2) is 9.00. The summed E-state index contributed by atoms with van der Waals surface area (Å²) in [5.41, 5.74) is 3.47. The maximum atomic E-state index is 13.9. The van der Waals surface area contributed by atoms with Gasteiger partial charge in [0, 0.05) is 18.2 Å². The van der Waals surface area contributed by atoms with Crippen molar-refractivity contribution in [3.8, 4) is 11.3 Å². The lowest BCUT2D eigenvalue weighted by atomic mass is 10.1. The fourth-order valence-corrected chi connectivity index (χ4v) is 3.31. The number of aryl methyl sites for hydroxylation is 2. The summed E-state index contributed by atoms with van der Waals surface area (Å²) in [6, 6.07) is 18.1. The average Bonchev–Trinajstić information content (AvgIpc) is 3.47. The van der Waals surface area contributed by atoms with E-state index >= 15 is 0 Å². The fraction of sp³-hybridized carbons (Fsp3) is 0.200. The number of furan rings is 1. The molecule has 0 aliphatic carbocycles. The van der Waals surface area contributed by atoms with Gasteiger partial charge < -0.3 is 13.8 Å². The molecule has 5 nitrogen and oxygen atoms in total. The van der Waals surface area contributed by atoms with Gasteiger partial charge in [-0.3, -0.25) is 4.79 Å². The number of nitrogens with zero attached hydrogens (tertiary/aromatic N) is 2. The van der Waals surface area contributed by atoms with Crippen molar-refractivity contribution in [3.63, 3.8) is 0 Å². The minimum absolute atomic E-state index is 0.160. The molecule has 2 heterocycles. The molecule has 31 heavy (non-hydrogen) atoms. The predicted octanol–water partition coefficient (Wildman–Crippen LogP) is 5.79. The Bertz CT molecular complexity index is 1160. The van der Waals surface area contributed by atoms with Crippen molar-refractivity contribution in [3.05, 3.63) is 101 Å². The Morgan fingerprint density at radius 1 is 1.03 bits per heavy atom. The molecule has 6 heteroatoms. The van der Waals surface area contributed by atoms with Crippen LogP contribution in [0.3, 0.4) is 0 Å². The summed E-state index contributed by atoms with van der Waals surface area (Å²) in [6.07, 6.45) is 2.53. The van der Waals surface area contributed by atoms with Gasteiger partial charge in [0.1, 0.15) is 11.6 Å². The van der Waals surface area contributed by atoms with Gasteiger partial charge in [-0.15, -0.1) is 0 Å². The molecule has 0 saturated carbocycles. The van der Waals surface area contributed by atoms with Crippen molar-refractivity contribution in [2.45, 2.75) is 33.4 Å². The first-order valence-electron chi connectivity index (χ1n) is 10.2. The van der Waals surface area contributed by atoms with E-state index in [1.807, 2.05) is 18.2 Å². The number of hydrogen-bond donors (Lipinski definition) is 0. The Hall–Kier alpha value is -3.67. The van der Waals surface area contributed by atoms with Crippen LogP contribution in [0.5, 0.6) is 0 Å². The monoisotopic (exact) mass is 418 g/mol. The van der Waals surface area contributed by atoms with E-state index in [0.29, 0.717) is 35.7 Å². The van der Waals surface area contributed by atoms with Gasteiger partial charge >= 0.3 is 0 Å². The molecule has 0 spiro atoms. The minimum Gasteiger partial charge on any atom is -0.467 e. The summed E-state index contributed by atoms with van der Waals surface area (Å²) in [5.74, 6) is 0.380. The Morgan fingerprint density at radius 2 is 1.81 bits per heavy atom. The first kappa shape index (κ1) is 20.6. The lowest BCUT2D eigenvalue weighted by Gasteiger charge is -2.21. The largest absolute Gasteiger partial charge is 0.467 e. The molecule has 2 aromatic carbocycles. The standard InChI is InChI=1S/C25H23FN2O3/c1-3-18-7-9-19(10-8-18)15-28(16-21-5-4-12-30-21)25(29)23-14-24(31-27-23)20-11-6-17(2)22(26)13-20/h4-14H,3,15-16H2,1-2H3. The maximum Gasteiger partial charge on any atom is 0.276 e. The van der Waals surface area contributed by atoms with Crippen molar-refractivity contribution < 1.29 is 18.1 Å². The molecule has 0 N–H and O–H groups in total. The zero-order valence-electron chi connectivity index (χ0n) is 17.5. The van der Waals surface area contributed by atoms with E-state index in [-0.39, 0.29) is 17.4 Å². The lowest BCUT2D eigenvalue weighted by Crippen LogP contribution is -2.30. The van der Waals surface area contributed by atoms with Gasteiger partial charge in [0.2, 0.25) is 0 Å². The Kier molecular flexibility index (Phi) is 5.98. The quantitative estimate of drug-likeness (QED) is 0.381. The highest BCUT2D eigenvalue weighted by Gasteiger charge is 2.22. The average molecular weight is 418 g/mol. The van der Waals surface area contributed by atoms with Crippen molar-refractivity contribution >= 4 is 5.91 Å². The highest BCUT2D eigenvalue weighted by molar-refractivity contribution is 5.93. The van der Waals surface area contributed by atoms with E-state index in [1.165, 1.54) is 11.6 Å². The molecule has 0 saturated heterocycles. The number of hydrogen-bond acceptors (Lipinski definition) is 4. The van der Waals surface area contributed by atoms with Crippen molar-refractivity contribution in [1.82, 2.24) is 10.1 Å². The van der Waals surface area contributed by atoms with Crippen LogP contribution in [0.1, 0.15) is 39.9 Å². The summed E-state index contributed by atoms with van der Waals surface area (Å²) in [4.78, 5) is 14.9. The highest BCUT2D eigenvalue weighted by atomic mass is 19.1. The summed E-state index contributed by atoms with van der Waals surface area (Å²) >= 11 is 0. The smallest absolute Gasteiger partial charge is 0.276 e. The van der Waals surface area contributed by atoms with Crippen LogP contribution in [-0.4, -0.2) is 16.0 Å². The van der Waals surface area contributed by atoms with E-state index in [0.717, 1.165) is 12.0 Å². The number of benzene rings is 2. The van der Waals surface area contributed by atoms with Gasteiger partial charge in [-0.25, -0.2) is 4.39 Å². The van der Waals surface area contributed by atoms with Crippen molar-refractivity contribution in [2.75, 3.05) is 0 Å². The predicted molar refractivity (Wildman–Crippen MR) is 115 cm³/mol. The first-order valence-corrected chi connectivity index (χ1v) is 10.2. The van der Waals surface area contributed by atoms with Crippen LogP contribution in [-0.2, 0) is 19.5 Å². The molecular formula is C25H23FN2O3. The molecule has 2 aromatic heterocycles. The minimum atomic E-state index is -0.336. The maximum absolute atomic E-state index is 13.9. The zero-order chi connectivity index (χ0) is 21.8. The molecule has 0 unspecified atom stereocenters. The third kappa shape index (κ3) is 4.74. The van der Waals surface area contributed by atoms with Crippen molar-refractivity contribution in [2.24, 2.45) is 0 Å². The molecule has 1 amide bonds. The number of aromatic nitrogens is 1. The van der Waals surface area contributed by atoms with Crippen LogP contribution >= 0.6 is 0 Å². The van der Waals surface area contributed by atoms with Crippen LogP contribution in [0.25, 0.3) is 11.3 Å². The van der Waals surface area contributed by atoms with Gasteiger partial charge in [0.25, 0.3) is 5.91 Å². The third-order valence-electron chi connectivity index (χ3n) is 5.20. The summed E-state index contributed by atoms with van der Waals surface area (Å²) in [5, 5.41) is 3.94. The molecule has 0 fully saturated rings. The number of rotatable bonds is 7. The van der Waals surface area contributed by atoms with E-state index in [9.17, 15) is 9.18 Å². The zero-order valence-corrected chi connectivity index (χ0v) is 17.5. The SMILES string of the molecule is CCc1ccc(CN(Cc2ccco2)C(=O)c2cc(-c3ccc(C)c(F)c3)on2)cc1. The van der Waals surface area contributed by atoms with Crippen molar-refractivity contribution in [1.29, 1.82) is 0 Å². The normalized spacial score (nSPS) is 10.9. The van der Waals surface area contributed by atoms with Gasteiger partial charge in [-0.2, -0.15) is 0 Å². The Labute approximate surface area is 180 Å². The van der Waals surface area contributed by atoms with Crippen LogP contribution in [0, 0.1) is 12.7 Å². The van der Waals surface area contributed by atoms with E-state index in [4.69, 9.17) is 8.94 Å². The summed E-state index contributed by atoms with van der Waals surface area (Å²) < 4.78 is 24.7. The molecule has 4 rings (SSSR count). The molecule has 0 bridgehead atoms. The lowest BCUT2D eigenvalue weighted by molar-refractivity contribution is 0.0707. The van der Waals surface area contributed by atoms with E-state index < -0.39 is 0 Å². The molecule has 0 aliphatic rings. The summed E-state index contributed by atoms with van der Waals surface area (Å²) in [7, 11) is 0. The van der Waals surface area contributed by atoms with E-state index in [2.05, 4.69) is 24.2 Å². The molecule has 158 valence electrons. The number of carbonyl (C=O) groups excluding carboxylic acids is 1. The Balaban J connectivity index is 1.58. The molecule has 0 aliphatic heterocycles. The number of halogens is 1. The number of amides is 1. The molecule has 4 aromatic rings. The molecular weight excluding hydrogens is 395 g/mol. The second-order valence-corrected chi connectivity index (χ2v) is 7.45. The van der Waals surface area contributed by atoms with Gasteiger partial charge in [-0.1, -0.05) is 48.5 Å². The highest BCUT2D eigenvalue weighted by Crippen LogP contribution is 2.24. The van der Waals surface area contributed by atoms with Crippen LogP contribution in [0.4, 0.5) is 4.39 Å². The van der Waals surface area contributed by atoms with E-state index in [1.54, 1.807) is 42.4 Å².